The van der Waals surface area contributed by atoms with E-state index in [1.54, 1.807) is 0 Å². The van der Waals surface area contributed by atoms with Crippen LogP contribution in [0.2, 0.25) is 0 Å². The maximum absolute atomic E-state index is 14.1. The molecule has 4 heteroatoms. The summed E-state index contributed by atoms with van der Waals surface area (Å²) in [4.78, 5) is 27.1. The highest BCUT2D eigenvalue weighted by Gasteiger charge is 2.70. The van der Waals surface area contributed by atoms with Gasteiger partial charge in [0.15, 0.2) is 0 Å². The van der Waals surface area contributed by atoms with Gasteiger partial charge in [-0.3, -0.25) is 9.59 Å². The number of rotatable bonds is 12. The molecule has 0 amide bonds. The molecule has 0 unspecified atom stereocenters. The summed E-state index contributed by atoms with van der Waals surface area (Å²) in [5.74, 6) is 2.77. The zero-order valence-electron chi connectivity index (χ0n) is 25.7. The second-order valence-electron chi connectivity index (χ2n) is 14.4. The third-order valence-corrected chi connectivity index (χ3v) is 11.6. The normalized spacial score (nSPS) is 33.5. The average molecular weight is 551 g/mol. The minimum absolute atomic E-state index is 0.0351. The lowest BCUT2D eigenvalue weighted by Crippen LogP contribution is -2.64. The minimum Gasteiger partial charge on any atom is -0.494 e. The van der Waals surface area contributed by atoms with Crippen molar-refractivity contribution in [1.82, 2.24) is 0 Å². The van der Waals surface area contributed by atoms with Crippen molar-refractivity contribution >= 4 is 11.8 Å². The second kappa shape index (κ2) is 12.6. The van der Waals surface area contributed by atoms with Gasteiger partial charge in [-0.25, -0.2) is 0 Å². The molecule has 0 N–H and O–H groups in total. The number of fused-ring (bicyclic) bond motifs is 4. The van der Waals surface area contributed by atoms with Crippen LogP contribution in [0, 0.1) is 35.0 Å². The first kappa shape index (κ1) is 29.6. The fraction of sp³-hybridized carbons (Fsp3) is 0.778. The highest BCUT2D eigenvalue weighted by atomic mass is 16.5. The Labute approximate surface area is 243 Å². The molecule has 7 atom stereocenters. The summed E-state index contributed by atoms with van der Waals surface area (Å²) in [7, 11) is 0. The first-order chi connectivity index (χ1) is 19.3. The number of hydrogen-bond donors (Lipinski definition) is 0. The van der Waals surface area contributed by atoms with Crippen LogP contribution in [0.5, 0.6) is 5.75 Å². The molecule has 4 aliphatic rings. The number of unbranched alkanes of at least 4 members (excludes halogenated alkanes) is 5. The largest absolute Gasteiger partial charge is 0.494 e. The fourth-order valence-electron chi connectivity index (χ4n) is 9.28. The van der Waals surface area contributed by atoms with Crippen molar-refractivity contribution in [2.24, 2.45) is 35.0 Å². The van der Waals surface area contributed by atoms with Crippen LogP contribution in [-0.2, 0) is 19.7 Å². The zero-order chi connectivity index (χ0) is 28.3. The van der Waals surface area contributed by atoms with Crippen LogP contribution in [0.1, 0.15) is 130 Å². The topological polar surface area (TPSA) is 52.6 Å². The quantitative estimate of drug-likeness (QED) is 0.193. The molecule has 4 saturated carbocycles. The molecule has 0 saturated heterocycles. The van der Waals surface area contributed by atoms with E-state index in [9.17, 15) is 9.59 Å². The van der Waals surface area contributed by atoms with Crippen molar-refractivity contribution in [2.75, 3.05) is 6.61 Å². The van der Waals surface area contributed by atoms with Crippen LogP contribution in [0.3, 0.4) is 0 Å². The lowest BCUT2D eigenvalue weighted by molar-refractivity contribution is -0.207. The molecule has 5 rings (SSSR count). The summed E-state index contributed by atoms with van der Waals surface area (Å²) in [6, 6.07) is 8.67. The molecule has 1 aromatic carbocycles. The van der Waals surface area contributed by atoms with Gasteiger partial charge in [0.05, 0.1) is 12.0 Å². The number of esters is 1. The van der Waals surface area contributed by atoms with E-state index < -0.39 is 5.41 Å². The third-order valence-electron chi connectivity index (χ3n) is 11.6. The number of ketones is 1. The highest BCUT2D eigenvalue weighted by molar-refractivity contribution is 5.93. The Kier molecular flexibility index (Phi) is 9.32. The van der Waals surface area contributed by atoms with Crippen molar-refractivity contribution in [3.8, 4) is 5.75 Å². The lowest BCUT2D eigenvalue weighted by Gasteiger charge is -2.59. The van der Waals surface area contributed by atoms with E-state index in [4.69, 9.17) is 9.47 Å². The van der Waals surface area contributed by atoms with Crippen molar-refractivity contribution < 1.29 is 19.1 Å². The number of benzene rings is 1. The monoisotopic (exact) mass is 550 g/mol. The van der Waals surface area contributed by atoms with Gasteiger partial charge in [0.25, 0.3) is 0 Å². The maximum atomic E-state index is 14.1. The minimum atomic E-state index is -0.527. The molecule has 222 valence electrons. The molecule has 40 heavy (non-hydrogen) atoms. The van der Waals surface area contributed by atoms with Crippen LogP contribution in [0.4, 0.5) is 0 Å². The summed E-state index contributed by atoms with van der Waals surface area (Å²) < 4.78 is 12.7. The third kappa shape index (κ3) is 5.62. The van der Waals surface area contributed by atoms with E-state index in [0.717, 1.165) is 63.7 Å². The predicted molar refractivity (Wildman–Crippen MR) is 160 cm³/mol. The second-order valence-corrected chi connectivity index (χ2v) is 14.4. The molecule has 0 heterocycles. The molecule has 4 nitrogen and oxygen atoms in total. The van der Waals surface area contributed by atoms with E-state index in [1.165, 1.54) is 44.1 Å². The SMILES string of the molecule is CCCCCCCCOc1ccc(C(C)(C)[C@@H]2CC[C@@H](C)C[C@H]2OC(=O)[C@]23CCCC(=O)[C@H]2[C@H]2CCC[C@H]23)cc1. The van der Waals surface area contributed by atoms with Crippen LogP contribution in [0.25, 0.3) is 0 Å². The molecular formula is C36H54O4. The Morgan fingerprint density at radius 3 is 2.50 bits per heavy atom. The van der Waals surface area contributed by atoms with Crippen LogP contribution in [0.15, 0.2) is 24.3 Å². The summed E-state index contributed by atoms with van der Waals surface area (Å²) in [5.41, 5.74) is 0.627. The van der Waals surface area contributed by atoms with Gasteiger partial charge in [-0.05, 0) is 85.8 Å². The van der Waals surface area contributed by atoms with Crippen LogP contribution < -0.4 is 4.74 Å². The zero-order valence-corrected chi connectivity index (χ0v) is 25.7. The van der Waals surface area contributed by atoms with E-state index in [-0.39, 0.29) is 29.3 Å². The standard InChI is InChI=1S/C36H54O4/c1-5-6-7-8-9-10-23-39-27-19-17-26(18-20-27)35(3,4)30-21-16-25(2)24-32(30)40-34(38)36-22-12-15-31(37)33(36)28-13-11-14-29(28)36/h17-20,25,28-30,32-33H,5-16,21-24H2,1-4H3/t25-,28+,29-,30-,32-,33-,36+/m1/s1. The number of carbonyl (C=O) groups is 2. The van der Waals surface area contributed by atoms with Gasteiger partial charge in [-0.2, -0.15) is 0 Å². The van der Waals surface area contributed by atoms with Crippen LogP contribution in [-0.4, -0.2) is 24.5 Å². The Morgan fingerprint density at radius 2 is 1.73 bits per heavy atom. The van der Waals surface area contributed by atoms with Gasteiger partial charge >= 0.3 is 5.97 Å². The molecule has 0 aliphatic heterocycles. The van der Waals surface area contributed by atoms with Gasteiger partial charge in [-0.1, -0.05) is 84.8 Å². The Bertz CT molecular complexity index is 1010. The van der Waals surface area contributed by atoms with Gasteiger partial charge in [0.2, 0.25) is 0 Å². The first-order valence-electron chi connectivity index (χ1n) is 16.8. The van der Waals surface area contributed by atoms with Crippen molar-refractivity contribution in [2.45, 2.75) is 136 Å². The Morgan fingerprint density at radius 1 is 0.975 bits per heavy atom. The van der Waals surface area contributed by atoms with Crippen molar-refractivity contribution in [3.05, 3.63) is 29.8 Å². The van der Waals surface area contributed by atoms with E-state index in [1.807, 2.05) is 0 Å². The van der Waals surface area contributed by atoms with Crippen molar-refractivity contribution in [1.29, 1.82) is 0 Å². The smallest absolute Gasteiger partial charge is 0.313 e. The molecule has 4 aliphatic carbocycles. The Balaban J connectivity index is 1.24. The maximum Gasteiger partial charge on any atom is 0.313 e. The van der Waals surface area contributed by atoms with Crippen LogP contribution >= 0.6 is 0 Å². The number of carbonyl (C=O) groups excluding carboxylic acids is 2. The van der Waals surface area contributed by atoms with Gasteiger partial charge in [-0.15, -0.1) is 0 Å². The average Bonchev–Trinajstić information content (AvgIpc) is 3.35. The molecule has 1 aromatic rings. The fourth-order valence-corrected chi connectivity index (χ4v) is 9.28. The van der Waals surface area contributed by atoms with E-state index in [0.29, 0.717) is 30.0 Å². The summed E-state index contributed by atoms with van der Waals surface area (Å²) in [6.45, 7) is 9.97. The van der Waals surface area contributed by atoms with Gasteiger partial charge < -0.3 is 9.47 Å². The highest BCUT2D eigenvalue weighted by Crippen LogP contribution is 2.68. The number of Topliss-reactive ketones (excluding diaryl/α,β-unsaturated/α-hetero) is 1. The summed E-state index contributed by atoms with van der Waals surface area (Å²) in [5, 5.41) is 0. The number of ether oxygens (including phenoxy) is 2. The van der Waals surface area contributed by atoms with Gasteiger partial charge in [0, 0.05) is 18.3 Å². The van der Waals surface area contributed by atoms with E-state index in [2.05, 4.69) is 52.0 Å². The molecule has 4 fully saturated rings. The number of hydrogen-bond acceptors (Lipinski definition) is 4. The predicted octanol–water partition coefficient (Wildman–Crippen LogP) is 8.84. The molecule has 0 radical (unpaired) electrons. The lowest BCUT2D eigenvalue weighted by atomic mass is 9.43. The van der Waals surface area contributed by atoms with Gasteiger partial charge in [0.1, 0.15) is 17.6 Å². The Hall–Kier alpha value is -1.84. The summed E-state index contributed by atoms with van der Waals surface area (Å²) in [6.07, 6.45) is 16.4. The van der Waals surface area contributed by atoms with Crippen molar-refractivity contribution in [3.63, 3.8) is 0 Å². The summed E-state index contributed by atoms with van der Waals surface area (Å²) >= 11 is 0. The molecule has 0 bridgehead atoms. The molecule has 0 spiro atoms. The molecular weight excluding hydrogens is 496 g/mol. The first-order valence-corrected chi connectivity index (χ1v) is 16.8. The van der Waals surface area contributed by atoms with E-state index >= 15 is 0 Å². The molecule has 0 aromatic heterocycles.